The molecule has 0 unspecified atom stereocenters. The number of carbonyl (C=O) groups is 1. The lowest BCUT2D eigenvalue weighted by Gasteiger charge is -2.16. The number of rotatable bonds is 5. The van der Waals surface area contributed by atoms with Gasteiger partial charge >= 0.3 is 0 Å². The number of nitrogens with zero attached hydrogens (tertiary/aromatic N) is 3. The smallest absolute Gasteiger partial charge is 0.273 e. The lowest BCUT2D eigenvalue weighted by molar-refractivity contribution is 0.0792. The lowest BCUT2D eigenvalue weighted by Crippen LogP contribution is -2.28. The number of anilines is 1. The SMILES string of the molecule is CCNc1ccc(Cl)c(C(=O)N(C)CCC#N)n1. The summed E-state index contributed by atoms with van der Waals surface area (Å²) in [6.45, 7) is 3.02. The van der Waals surface area contributed by atoms with Crippen molar-refractivity contribution in [3.05, 3.63) is 22.8 Å². The van der Waals surface area contributed by atoms with Gasteiger partial charge in [0.05, 0.1) is 17.5 Å². The zero-order valence-corrected chi connectivity index (χ0v) is 11.2. The number of nitriles is 1. The summed E-state index contributed by atoms with van der Waals surface area (Å²) in [7, 11) is 1.62. The van der Waals surface area contributed by atoms with Gasteiger partial charge in [-0.1, -0.05) is 11.6 Å². The van der Waals surface area contributed by atoms with Gasteiger partial charge in [0, 0.05) is 20.1 Å². The molecule has 0 aromatic carbocycles. The van der Waals surface area contributed by atoms with E-state index in [1.165, 1.54) is 4.90 Å². The average molecular weight is 267 g/mol. The first-order chi connectivity index (χ1) is 8.60. The van der Waals surface area contributed by atoms with Crippen LogP contribution >= 0.6 is 11.6 Å². The number of hydrogen-bond acceptors (Lipinski definition) is 4. The van der Waals surface area contributed by atoms with Crippen molar-refractivity contribution < 1.29 is 4.79 Å². The molecule has 0 bridgehead atoms. The minimum absolute atomic E-state index is 0.204. The van der Waals surface area contributed by atoms with E-state index in [4.69, 9.17) is 16.9 Å². The summed E-state index contributed by atoms with van der Waals surface area (Å²) in [6, 6.07) is 5.35. The monoisotopic (exact) mass is 266 g/mol. The molecule has 0 spiro atoms. The van der Waals surface area contributed by atoms with Gasteiger partial charge in [0.25, 0.3) is 5.91 Å². The summed E-state index contributed by atoms with van der Waals surface area (Å²) in [5.74, 6) is 0.328. The predicted octanol–water partition coefficient (Wildman–Crippen LogP) is 2.15. The Morgan fingerprint density at radius 2 is 2.33 bits per heavy atom. The van der Waals surface area contributed by atoms with Gasteiger partial charge in [-0.15, -0.1) is 0 Å². The highest BCUT2D eigenvalue weighted by molar-refractivity contribution is 6.33. The van der Waals surface area contributed by atoms with Gasteiger partial charge in [-0.3, -0.25) is 4.79 Å². The van der Waals surface area contributed by atoms with Crippen LogP contribution in [0.1, 0.15) is 23.8 Å². The predicted molar refractivity (Wildman–Crippen MR) is 70.6 cm³/mol. The van der Waals surface area contributed by atoms with Crippen molar-refractivity contribution in [3.8, 4) is 6.07 Å². The molecule has 5 nitrogen and oxygen atoms in total. The highest BCUT2D eigenvalue weighted by Gasteiger charge is 2.17. The van der Waals surface area contributed by atoms with E-state index >= 15 is 0 Å². The van der Waals surface area contributed by atoms with Gasteiger partial charge in [-0.2, -0.15) is 5.26 Å². The molecule has 0 aliphatic heterocycles. The third-order valence-corrected chi connectivity index (χ3v) is 2.62. The zero-order valence-electron chi connectivity index (χ0n) is 10.4. The van der Waals surface area contributed by atoms with Crippen LogP contribution in [-0.2, 0) is 0 Å². The fourth-order valence-corrected chi connectivity index (χ4v) is 1.56. The van der Waals surface area contributed by atoms with Gasteiger partial charge in [0.1, 0.15) is 11.5 Å². The van der Waals surface area contributed by atoms with E-state index in [-0.39, 0.29) is 18.0 Å². The van der Waals surface area contributed by atoms with E-state index in [1.807, 2.05) is 13.0 Å². The van der Waals surface area contributed by atoms with Crippen LogP contribution < -0.4 is 5.32 Å². The van der Waals surface area contributed by atoms with E-state index in [0.29, 0.717) is 23.9 Å². The van der Waals surface area contributed by atoms with E-state index < -0.39 is 0 Å². The zero-order chi connectivity index (χ0) is 13.5. The first kappa shape index (κ1) is 14.3. The van der Waals surface area contributed by atoms with E-state index in [2.05, 4.69) is 10.3 Å². The molecule has 1 amide bonds. The highest BCUT2D eigenvalue weighted by Crippen LogP contribution is 2.18. The molecule has 0 saturated carbocycles. The first-order valence-electron chi connectivity index (χ1n) is 5.63. The minimum Gasteiger partial charge on any atom is -0.370 e. The quantitative estimate of drug-likeness (QED) is 0.887. The molecular formula is C12H15ClN4O. The number of hydrogen-bond donors (Lipinski definition) is 1. The van der Waals surface area contributed by atoms with Crippen LogP contribution in [0.3, 0.4) is 0 Å². The van der Waals surface area contributed by atoms with E-state index in [0.717, 1.165) is 0 Å². The molecule has 1 N–H and O–H groups in total. The van der Waals surface area contributed by atoms with Gasteiger partial charge in [-0.05, 0) is 19.1 Å². The second-order valence-corrected chi connectivity index (χ2v) is 4.10. The topological polar surface area (TPSA) is 69.0 Å². The third-order valence-electron chi connectivity index (χ3n) is 2.31. The normalized spacial score (nSPS) is 9.67. The summed E-state index contributed by atoms with van der Waals surface area (Å²) in [4.78, 5) is 17.7. The van der Waals surface area contributed by atoms with Gasteiger partial charge in [-0.25, -0.2) is 4.98 Å². The molecule has 0 aliphatic carbocycles. The van der Waals surface area contributed by atoms with Gasteiger partial charge in [0.15, 0.2) is 0 Å². The van der Waals surface area contributed by atoms with Crippen LogP contribution in [0.4, 0.5) is 5.82 Å². The Bertz CT molecular complexity index is 470. The molecule has 0 aliphatic rings. The number of pyridine rings is 1. The van der Waals surface area contributed by atoms with Crippen LogP contribution in [0.2, 0.25) is 5.02 Å². The second kappa shape index (κ2) is 6.82. The summed E-state index contributed by atoms with van der Waals surface area (Å²) in [6.07, 6.45) is 0.284. The Kier molecular flexibility index (Phi) is 5.40. The van der Waals surface area contributed by atoms with Crippen LogP contribution in [0, 0.1) is 11.3 Å². The maximum absolute atomic E-state index is 12.1. The molecule has 96 valence electrons. The Morgan fingerprint density at radius 1 is 1.61 bits per heavy atom. The molecule has 0 atom stereocenters. The highest BCUT2D eigenvalue weighted by atomic mass is 35.5. The fourth-order valence-electron chi connectivity index (χ4n) is 1.37. The molecule has 0 radical (unpaired) electrons. The van der Waals surface area contributed by atoms with E-state index in [1.54, 1.807) is 19.2 Å². The molecule has 1 rings (SSSR count). The number of aromatic nitrogens is 1. The average Bonchev–Trinajstić information content (AvgIpc) is 2.37. The van der Waals surface area contributed by atoms with Crippen molar-refractivity contribution in [3.63, 3.8) is 0 Å². The summed E-state index contributed by atoms with van der Waals surface area (Å²) in [5, 5.41) is 11.8. The molecule has 18 heavy (non-hydrogen) atoms. The number of nitrogens with one attached hydrogen (secondary N) is 1. The molecule has 1 aromatic rings. The maximum atomic E-state index is 12.1. The van der Waals surface area contributed by atoms with E-state index in [9.17, 15) is 4.79 Å². The van der Waals surface area contributed by atoms with Crippen molar-refractivity contribution >= 4 is 23.3 Å². The molecule has 0 fully saturated rings. The third kappa shape index (κ3) is 3.60. The first-order valence-corrected chi connectivity index (χ1v) is 6.00. The van der Waals surface area contributed by atoms with Gasteiger partial charge < -0.3 is 10.2 Å². The maximum Gasteiger partial charge on any atom is 0.273 e. The van der Waals surface area contributed by atoms with Crippen molar-refractivity contribution in [1.29, 1.82) is 5.26 Å². The molecular weight excluding hydrogens is 252 g/mol. The molecule has 1 heterocycles. The minimum atomic E-state index is -0.282. The standard InChI is InChI=1S/C12H15ClN4O/c1-3-15-10-6-5-9(13)11(16-10)12(18)17(2)8-4-7-14/h5-6H,3-4,8H2,1-2H3,(H,15,16). The molecule has 0 saturated heterocycles. The summed E-state index contributed by atoms with van der Waals surface area (Å²) in [5.41, 5.74) is 0.204. The van der Waals surface area contributed by atoms with Crippen LogP contribution in [-0.4, -0.2) is 35.9 Å². The number of carbonyl (C=O) groups excluding carboxylic acids is 1. The van der Waals surface area contributed by atoms with Crippen LogP contribution in [0.5, 0.6) is 0 Å². The van der Waals surface area contributed by atoms with Crippen molar-refractivity contribution in [2.45, 2.75) is 13.3 Å². The van der Waals surface area contributed by atoms with Crippen LogP contribution in [0.15, 0.2) is 12.1 Å². The Labute approximate surface area is 111 Å². The molecule has 6 heteroatoms. The Morgan fingerprint density at radius 3 is 2.94 bits per heavy atom. The molecule has 1 aromatic heterocycles. The van der Waals surface area contributed by atoms with Crippen LogP contribution in [0.25, 0.3) is 0 Å². The number of halogens is 1. The second-order valence-electron chi connectivity index (χ2n) is 3.69. The lowest BCUT2D eigenvalue weighted by atomic mass is 10.3. The largest absolute Gasteiger partial charge is 0.370 e. The summed E-state index contributed by atoms with van der Waals surface area (Å²) >= 11 is 5.97. The Hall–Kier alpha value is -1.80. The Balaban J connectivity index is 2.90. The van der Waals surface area contributed by atoms with Crippen molar-refractivity contribution in [2.24, 2.45) is 0 Å². The van der Waals surface area contributed by atoms with Gasteiger partial charge in [0.2, 0.25) is 0 Å². The number of amides is 1. The fraction of sp³-hybridized carbons (Fsp3) is 0.417. The summed E-state index contributed by atoms with van der Waals surface area (Å²) < 4.78 is 0. The van der Waals surface area contributed by atoms with Crippen molar-refractivity contribution in [2.75, 3.05) is 25.5 Å². The van der Waals surface area contributed by atoms with Crippen molar-refractivity contribution in [1.82, 2.24) is 9.88 Å².